The van der Waals surface area contributed by atoms with Crippen molar-refractivity contribution < 1.29 is 9.59 Å². The number of carbonyl (C=O) groups excluding carboxylic acids is 2. The zero-order valence-electron chi connectivity index (χ0n) is 11.8. The first-order valence-electron chi connectivity index (χ1n) is 6.95. The van der Waals surface area contributed by atoms with Crippen molar-refractivity contribution in [2.45, 2.75) is 26.3 Å². The summed E-state index contributed by atoms with van der Waals surface area (Å²) in [6.07, 6.45) is 3.85. The summed E-state index contributed by atoms with van der Waals surface area (Å²) in [6, 6.07) is 1.30. The maximum Gasteiger partial charge on any atom is 0.256 e. The maximum absolute atomic E-state index is 12.7. The minimum Gasteiger partial charge on any atom is -0.383 e. The molecule has 1 saturated heterocycles. The Kier molecular flexibility index (Phi) is 4.55. The van der Waals surface area contributed by atoms with Crippen molar-refractivity contribution in [1.82, 2.24) is 15.2 Å². The average molecular weight is 276 g/mol. The summed E-state index contributed by atoms with van der Waals surface area (Å²) in [6.45, 7) is 5.63. The number of piperazine rings is 1. The Hall–Kier alpha value is -2.11. The number of anilines is 1. The molecule has 1 unspecified atom stereocenters. The van der Waals surface area contributed by atoms with E-state index in [2.05, 4.69) is 15.6 Å². The predicted molar refractivity (Wildman–Crippen MR) is 76.5 cm³/mol. The smallest absolute Gasteiger partial charge is 0.256 e. The van der Waals surface area contributed by atoms with Crippen LogP contribution in [-0.4, -0.2) is 47.4 Å². The van der Waals surface area contributed by atoms with Gasteiger partial charge in [0.25, 0.3) is 5.91 Å². The van der Waals surface area contributed by atoms with Gasteiger partial charge in [0, 0.05) is 25.8 Å². The fourth-order valence-corrected chi connectivity index (χ4v) is 2.43. The second-order valence-corrected chi connectivity index (χ2v) is 4.67. The van der Waals surface area contributed by atoms with Gasteiger partial charge in [-0.25, -0.2) is 0 Å². The van der Waals surface area contributed by atoms with Crippen LogP contribution in [0.25, 0.3) is 0 Å². The van der Waals surface area contributed by atoms with E-state index in [0.717, 1.165) is 0 Å². The normalized spacial score (nSPS) is 18.6. The van der Waals surface area contributed by atoms with E-state index in [9.17, 15) is 9.59 Å². The SMILES string of the molecule is CCNc1cnccc1C(=O)N1CCNC(=O)C1CC. The van der Waals surface area contributed by atoms with E-state index in [1.54, 1.807) is 23.4 Å². The van der Waals surface area contributed by atoms with Crippen LogP contribution in [0.2, 0.25) is 0 Å². The van der Waals surface area contributed by atoms with Crippen molar-refractivity contribution in [1.29, 1.82) is 0 Å². The third-order valence-electron chi connectivity index (χ3n) is 3.40. The van der Waals surface area contributed by atoms with Crippen LogP contribution in [0.5, 0.6) is 0 Å². The molecule has 0 aliphatic carbocycles. The molecule has 1 fully saturated rings. The number of nitrogens with zero attached hydrogens (tertiary/aromatic N) is 2. The molecular weight excluding hydrogens is 256 g/mol. The molecule has 2 heterocycles. The third-order valence-corrected chi connectivity index (χ3v) is 3.40. The monoisotopic (exact) mass is 276 g/mol. The molecule has 2 N–H and O–H groups in total. The minimum atomic E-state index is -0.390. The zero-order valence-corrected chi connectivity index (χ0v) is 11.8. The van der Waals surface area contributed by atoms with Gasteiger partial charge in [-0.3, -0.25) is 14.6 Å². The van der Waals surface area contributed by atoms with Crippen LogP contribution < -0.4 is 10.6 Å². The number of amides is 2. The van der Waals surface area contributed by atoms with E-state index in [4.69, 9.17) is 0 Å². The number of hydrogen-bond donors (Lipinski definition) is 2. The highest BCUT2D eigenvalue weighted by atomic mass is 16.2. The fourth-order valence-electron chi connectivity index (χ4n) is 2.43. The molecule has 2 amide bonds. The number of nitrogens with one attached hydrogen (secondary N) is 2. The molecule has 1 atom stereocenters. The molecule has 0 aromatic carbocycles. The Morgan fingerprint density at radius 1 is 1.55 bits per heavy atom. The van der Waals surface area contributed by atoms with Gasteiger partial charge in [0.2, 0.25) is 5.91 Å². The van der Waals surface area contributed by atoms with Gasteiger partial charge in [0.15, 0.2) is 0 Å². The van der Waals surface area contributed by atoms with Crippen LogP contribution in [0, 0.1) is 0 Å². The molecule has 1 aromatic rings. The largest absolute Gasteiger partial charge is 0.383 e. The van der Waals surface area contributed by atoms with Crippen LogP contribution in [0.3, 0.4) is 0 Å². The first kappa shape index (κ1) is 14.3. The molecule has 6 heteroatoms. The Labute approximate surface area is 118 Å². The van der Waals surface area contributed by atoms with Crippen molar-refractivity contribution in [3.8, 4) is 0 Å². The Morgan fingerprint density at radius 3 is 3.05 bits per heavy atom. The number of hydrogen-bond acceptors (Lipinski definition) is 4. The highest BCUT2D eigenvalue weighted by Crippen LogP contribution is 2.19. The highest BCUT2D eigenvalue weighted by molar-refractivity contribution is 6.02. The molecule has 108 valence electrons. The van der Waals surface area contributed by atoms with Crippen molar-refractivity contribution in [2.24, 2.45) is 0 Å². The van der Waals surface area contributed by atoms with Gasteiger partial charge in [0.1, 0.15) is 6.04 Å². The van der Waals surface area contributed by atoms with E-state index in [1.807, 2.05) is 13.8 Å². The predicted octanol–water partition coefficient (Wildman–Crippen LogP) is 0.864. The van der Waals surface area contributed by atoms with Crippen molar-refractivity contribution in [2.75, 3.05) is 25.0 Å². The molecule has 0 radical (unpaired) electrons. The van der Waals surface area contributed by atoms with Gasteiger partial charge in [-0.05, 0) is 19.4 Å². The van der Waals surface area contributed by atoms with Crippen molar-refractivity contribution in [3.63, 3.8) is 0 Å². The van der Waals surface area contributed by atoms with Crippen LogP contribution >= 0.6 is 0 Å². The standard InChI is InChI=1S/C14H20N4O2/c1-3-12-13(19)17-7-8-18(12)14(20)10-5-6-15-9-11(10)16-4-2/h5-6,9,12,16H,3-4,7-8H2,1-2H3,(H,17,19). The number of pyridine rings is 1. The van der Waals surface area contributed by atoms with Gasteiger partial charge >= 0.3 is 0 Å². The molecule has 0 spiro atoms. The van der Waals surface area contributed by atoms with Crippen molar-refractivity contribution in [3.05, 3.63) is 24.0 Å². The molecule has 0 bridgehead atoms. The molecule has 1 aliphatic heterocycles. The molecule has 20 heavy (non-hydrogen) atoms. The first-order valence-corrected chi connectivity index (χ1v) is 6.95. The van der Waals surface area contributed by atoms with Crippen LogP contribution in [0.1, 0.15) is 30.6 Å². The van der Waals surface area contributed by atoms with E-state index in [1.165, 1.54) is 0 Å². The van der Waals surface area contributed by atoms with E-state index in [0.29, 0.717) is 37.3 Å². The molecular formula is C14H20N4O2. The van der Waals surface area contributed by atoms with Crippen LogP contribution in [-0.2, 0) is 4.79 Å². The Balaban J connectivity index is 2.28. The molecule has 6 nitrogen and oxygen atoms in total. The quantitative estimate of drug-likeness (QED) is 0.855. The number of rotatable bonds is 4. The van der Waals surface area contributed by atoms with Gasteiger partial charge in [-0.15, -0.1) is 0 Å². The summed E-state index contributed by atoms with van der Waals surface area (Å²) < 4.78 is 0. The minimum absolute atomic E-state index is 0.0776. The fraction of sp³-hybridized carbons (Fsp3) is 0.500. The molecule has 0 saturated carbocycles. The third kappa shape index (κ3) is 2.74. The summed E-state index contributed by atoms with van der Waals surface area (Å²) in [5, 5.41) is 5.93. The van der Waals surface area contributed by atoms with Crippen molar-refractivity contribution >= 4 is 17.5 Å². The Bertz CT molecular complexity index is 504. The molecule has 2 rings (SSSR count). The van der Waals surface area contributed by atoms with Gasteiger partial charge in [0.05, 0.1) is 17.4 Å². The first-order chi connectivity index (χ1) is 9.69. The lowest BCUT2D eigenvalue weighted by Gasteiger charge is -2.34. The summed E-state index contributed by atoms with van der Waals surface area (Å²) in [5.74, 6) is -0.198. The highest BCUT2D eigenvalue weighted by Gasteiger charge is 2.32. The summed E-state index contributed by atoms with van der Waals surface area (Å²) in [5.41, 5.74) is 1.27. The molecule has 1 aliphatic rings. The number of carbonyl (C=O) groups is 2. The second-order valence-electron chi connectivity index (χ2n) is 4.67. The van der Waals surface area contributed by atoms with Gasteiger partial charge in [-0.2, -0.15) is 0 Å². The van der Waals surface area contributed by atoms with Gasteiger partial charge in [-0.1, -0.05) is 6.92 Å². The lowest BCUT2D eigenvalue weighted by molar-refractivity contribution is -0.127. The topological polar surface area (TPSA) is 74.3 Å². The van der Waals surface area contributed by atoms with E-state index < -0.39 is 0 Å². The zero-order chi connectivity index (χ0) is 14.5. The Morgan fingerprint density at radius 2 is 2.35 bits per heavy atom. The maximum atomic E-state index is 12.7. The lowest BCUT2D eigenvalue weighted by Crippen LogP contribution is -2.57. The number of aromatic nitrogens is 1. The van der Waals surface area contributed by atoms with Crippen LogP contribution in [0.15, 0.2) is 18.5 Å². The van der Waals surface area contributed by atoms with Crippen LogP contribution in [0.4, 0.5) is 5.69 Å². The average Bonchev–Trinajstić information content (AvgIpc) is 2.47. The summed E-state index contributed by atoms with van der Waals surface area (Å²) in [7, 11) is 0. The lowest BCUT2D eigenvalue weighted by atomic mass is 10.1. The van der Waals surface area contributed by atoms with E-state index in [-0.39, 0.29) is 17.9 Å². The van der Waals surface area contributed by atoms with Gasteiger partial charge < -0.3 is 15.5 Å². The summed E-state index contributed by atoms with van der Waals surface area (Å²) >= 11 is 0. The second kappa shape index (κ2) is 6.36. The summed E-state index contributed by atoms with van der Waals surface area (Å²) in [4.78, 5) is 30.2. The molecule has 1 aromatic heterocycles. The van der Waals surface area contributed by atoms with E-state index >= 15 is 0 Å².